The summed E-state index contributed by atoms with van der Waals surface area (Å²) >= 11 is 0. The van der Waals surface area contributed by atoms with E-state index in [1.165, 1.54) is 43.7 Å². The fraction of sp³-hybridized carbons (Fsp3) is 0.750. The average molecular weight is 1210 g/mol. The van der Waals surface area contributed by atoms with Gasteiger partial charge < -0.3 is 60.4 Å². The minimum atomic E-state index is -1.63. The molecule has 0 bridgehead atoms. The molecule has 23 heteroatoms. The van der Waals surface area contributed by atoms with E-state index < -0.39 is 125 Å². The van der Waals surface area contributed by atoms with Crippen molar-refractivity contribution in [2.24, 2.45) is 29.6 Å². The quantitative estimate of drug-likeness (QED) is 0.0306. The summed E-state index contributed by atoms with van der Waals surface area (Å²) in [6, 6.07) is 0.0646. The third-order valence-electron chi connectivity index (χ3n) is 15.5. The maximum absolute atomic E-state index is 14.9. The van der Waals surface area contributed by atoms with Crippen LogP contribution in [-0.4, -0.2) is 190 Å². The van der Waals surface area contributed by atoms with Crippen LogP contribution in [0.25, 0.3) is 0 Å². The van der Waals surface area contributed by atoms with Crippen molar-refractivity contribution in [1.29, 1.82) is 0 Å². The summed E-state index contributed by atoms with van der Waals surface area (Å²) in [7, 11) is 7.63. The number of esters is 2. The van der Waals surface area contributed by atoms with Gasteiger partial charge in [0, 0.05) is 25.4 Å². The second-order valence-electron chi connectivity index (χ2n) is 23.9. The molecule has 6 N–H and O–H groups in total. The molecule has 2 fully saturated rings. The van der Waals surface area contributed by atoms with E-state index in [-0.39, 0.29) is 60.8 Å². The molecule has 83 heavy (non-hydrogen) atoms. The minimum absolute atomic E-state index is 0.00509. The Morgan fingerprint density at radius 1 is 0.747 bits per heavy atom. The molecule has 13 atom stereocenters. The molecule has 1 aromatic rings. The predicted molar refractivity (Wildman–Crippen MR) is 322 cm³/mol. The molecule has 1 unspecified atom stereocenters. The first kappa shape index (κ1) is 72.3. The molecule has 2 saturated heterocycles. The zero-order valence-corrected chi connectivity index (χ0v) is 53.7. The zero-order chi connectivity index (χ0) is 62.6. The van der Waals surface area contributed by atoms with E-state index in [1.807, 2.05) is 48.5 Å². The number of ether oxygens (including phenoxy) is 3. The van der Waals surface area contributed by atoms with E-state index >= 15 is 0 Å². The van der Waals surface area contributed by atoms with Crippen LogP contribution in [0.4, 0.5) is 0 Å². The summed E-state index contributed by atoms with van der Waals surface area (Å²) in [6.07, 6.45) is -1.82. The van der Waals surface area contributed by atoms with Gasteiger partial charge in [-0.25, -0.2) is 0 Å². The zero-order valence-electron chi connectivity index (χ0n) is 52.1. The second kappa shape index (κ2) is 34.9. The van der Waals surface area contributed by atoms with Crippen LogP contribution >= 0.6 is 21.6 Å². The first-order valence-corrected chi connectivity index (χ1v) is 31.9. The standard InChI is InChI=1S/C60H99N7O14S2/c1-17-37(10)50(48(69)31-49(70)81-53(35(6)7)52(71)38(11)54(72)62-44(28-33(2)3)58(76)66-26-18-20-42(66)32-68)63-56(74)51(39(12)80-60(78)45(61-14)30-41-22-24-43(79-16)25-23-41)64-55(73)47(29-34(4)5)65(15)59(77)46-21-19-27-67(46)57(75)40(13)83-82-36(8)9/h22-25,33-40,42,44-48,50-51,53,61,68-69H,17-21,26-32H2,1-16H3,(H,62,72)(H,63,74)(H,64,73)/t37-,38-,39+,40?,42-,44-,45-,46-,47+,48-,50-,51-,53-/m0/s1. The number of carbonyl (C=O) groups excluding carboxylic acids is 9. The minimum Gasteiger partial charge on any atom is -0.497 e. The highest BCUT2D eigenvalue weighted by molar-refractivity contribution is 8.77. The number of likely N-dealkylation sites (N-methyl/N-ethyl adjacent to an activating group) is 2. The molecular weight excluding hydrogens is 1110 g/mol. The molecular formula is C60H99N7O14S2. The Bertz CT molecular complexity index is 2310. The first-order chi connectivity index (χ1) is 39.0. The van der Waals surface area contributed by atoms with Gasteiger partial charge in [0.15, 0.2) is 11.9 Å². The predicted octanol–water partition coefficient (Wildman–Crippen LogP) is 4.85. The third-order valence-corrected chi connectivity index (χ3v) is 18.8. The van der Waals surface area contributed by atoms with Crippen LogP contribution in [0.15, 0.2) is 24.3 Å². The molecule has 0 aromatic heterocycles. The fourth-order valence-corrected chi connectivity index (χ4v) is 12.3. The normalized spacial score (nSPS) is 19.4. The Kier molecular flexibility index (Phi) is 30.4. The number of Topliss-reactive ketones (excluding diaryl/α,β-unsaturated/α-hetero) is 1. The van der Waals surface area contributed by atoms with E-state index in [0.29, 0.717) is 50.9 Å². The van der Waals surface area contributed by atoms with Crippen molar-refractivity contribution in [2.45, 2.75) is 219 Å². The van der Waals surface area contributed by atoms with E-state index in [1.54, 1.807) is 79.6 Å². The number of hydrogen-bond donors (Lipinski definition) is 6. The number of amides is 6. The lowest BCUT2D eigenvalue weighted by Crippen LogP contribution is -2.62. The van der Waals surface area contributed by atoms with Crippen LogP contribution in [0, 0.1) is 29.6 Å². The van der Waals surface area contributed by atoms with Crippen LogP contribution in [0.3, 0.4) is 0 Å². The summed E-state index contributed by atoms with van der Waals surface area (Å²) in [5.41, 5.74) is 0.772. The Labute approximate surface area is 501 Å². The van der Waals surface area contributed by atoms with Crippen LogP contribution in [-0.2, 0) is 59.0 Å². The van der Waals surface area contributed by atoms with Gasteiger partial charge >= 0.3 is 11.9 Å². The molecule has 2 aliphatic heterocycles. The summed E-state index contributed by atoms with van der Waals surface area (Å²) in [5, 5.41) is 33.0. The Morgan fingerprint density at radius 2 is 1.36 bits per heavy atom. The van der Waals surface area contributed by atoms with E-state index in [4.69, 9.17) is 14.2 Å². The molecule has 470 valence electrons. The van der Waals surface area contributed by atoms with E-state index in [0.717, 1.165) is 5.56 Å². The second-order valence-corrected chi connectivity index (χ2v) is 27.0. The molecule has 2 heterocycles. The molecule has 2 aliphatic rings. The summed E-state index contributed by atoms with van der Waals surface area (Å²) in [6.45, 7) is 23.6. The summed E-state index contributed by atoms with van der Waals surface area (Å²) in [4.78, 5) is 132. The highest BCUT2D eigenvalue weighted by Crippen LogP contribution is 2.34. The largest absolute Gasteiger partial charge is 0.497 e. The number of likely N-dealkylation sites (tertiary alicyclic amines) is 2. The number of carbonyl (C=O) groups is 9. The van der Waals surface area contributed by atoms with Crippen molar-refractivity contribution < 1.29 is 67.6 Å². The van der Waals surface area contributed by atoms with E-state index in [2.05, 4.69) is 21.3 Å². The van der Waals surface area contributed by atoms with Crippen LogP contribution < -0.4 is 26.0 Å². The van der Waals surface area contributed by atoms with Crippen molar-refractivity contribution in [3.05, 3.63) is 29.8 Å². The van der Waals surface area contributed by atoms with Crippen LogP contribution in [0.1, 0.15) is 147 Å². The number of benzene rings is 1. The van der Waals surface area contributed by atoms with Crippen molar-refractivity contribution in [3.8, 4) is 5.75 Å². The third kappa shape index (κ3) is 21.5. The number of nitrogens with one attached hydrogen (secondary N) is 4. The topological polar surface area (TPSA) is 280 Å². The van der Waals surface area contributed by atoms with Crippen molar-refractivity contribution >= 4 is 74.8 Å². The number of methoxy groups -OCH3 is 1. The molecule has 21 nitrogen and oxygen atoms in total. The Hall–Kier alpha value is -4.97. The monoisotopic (exact) mass is 1210 g/mol. The molecule has 1 aromatic carbocycles. The molecule has 0 spiro atoms. The molecule has 0 saturated carbocycles. The molecule has 0 aliphatic carbocycles. The number of aliphatic hydroxyl groups excluding tert-OH is 2. The van der Waals surface area contributed by atoms with Gasteiger partial charge in [-0.2, -0.15) is 0 Å². The van der Waals surface area contributed by atoms with Crippen LogP contribution in [0.5, 0.6) is 5.75 Å². The van der Waals surface area contributed by atoms with Gasteiger partial charge in [0.2, 0.25) is 35.4 Å². The highest BCUT2D eigenvalue weighted by atomic mass is 33.1. The number of hydrogen-bond acceptors (Lipinski definition) is 17. The van der Waals surface area contributed by atoms with Crippen molar-refractivity contribution in [1.82, 2.24) is 36.0 Å². The summed E-state index contributed by atoms with van der Waals surface area (Å²) < 4.78 is 17.0. The van der Waals surface area contributed by atoms with Crippen molar-refractivity contribution in [2.75, 3.05) is 40.9 Å². The smallest absolute Gasteiger partial charge is 0.323 e. The lowest BCUT2D eigenvalue weighted by Gasteiger charge is -2.36. The van der Waals surface area contributed by atoms with Gasteiger partial charge in [-0.1, -0.05) is 109 Å². The number of nitrogens with zero attached hydrogens (tertiary/aromatic N) is 3. The number of rotatable bonds is 34. The molecule has 0 radical (unpaired) electrons. The van der Waals surface area contributed by atoms with Gasteiger partial charge in [0.05, 0.1) is 49.5 Å². The lowest BCUT2D eigenvalue weighted by molar-refractivity contribution is -0.162. The van der Waals surface area contributed by atoms with Gasteiger partial charge in [-0.15, -0.1) is 0 Å². The summed E-state index contributed by atoms with van der Waals surface area (Å²) in [5.74, 6) is -7.85. The highest BCUT2D eigenvalue weighted by Gasteiger charge is 2.44. The van der Waals surface area contributed by atoms with Crippen molar-refractivity contribution in [3.63, 3.8) is 0 Å². The van der Waals surface area contributed by atoms with Gasteiger partial charge in [0.25, 0.3) is 0 Å². The Morgan fingerprint density at radius 3 is 1.92 bits per heavy atom. The maximum Gasteiger partial charge on any atom is 0.323 e. The van der Waals surface area contributed by atoms with Gasteiger partial charge in [-0.05, 0) is 114 Å². The first-order valence-electron chi connectivity index (χ1n) is 29.6. The van der Waals surface area contributed by atoms with Crippen LogP contribution in [0.2, 0.25) is 0 Å². The SMILES string of the molecule is CC[C@H](C)[C@H](NC(=O)[C@@H](NC(=O)[C@@H](CC(C)C)N(C)C(=O)[C@@H]1CCCN1C(=O)C(C)SSC(C)C)[C@@H](C)OC(=O)[C@H](Cc1ccc(OC)cc1)NC)[C@@H](O)CC(=O)O[C@H](C(=O)[C@H](C)C(=O)N[C@@H](CC(C)C)C(=O)N1CCC[C@H]1CO)C(C)C. The number of aliphatic hydroxyl groups is 2. The van der Waals surface area contributed by atoms with Gasteiger partial charge in [0.1, 0.15) is 42.1 Å². The lowest BCUT2D eigenvalue weighted by atomic mass is 9.91. The van der Waals surface area contributed by atoms with E-state index in [9.17, 15) is 53.4 Å². The number of ketones is 1. The average Bonchev–Trinajstić information content (AvgIpc) is 4.34. The Balaban J connectivity index is 1.94. The van der Waals surface area contributed by atoms with Gasteiger partial charge in [-0.3, -0.25) is 43.2 Å². The fourth-order valence-electron chi connectivity index (χ4n) is 10.3. The maximum atomic E-state index is 14.9. The molecule has 6 amide bonds. The molecule has 3 rings (SSSR count).